The van der Waals surface area contributed by atoms with Gasteiger partial charge in [0.1, 0.15) is 11.9 Å². The highest BCUT2D eigenvalue weighted by Crippen LogP contribution is 2.19. The van der Waals surface area contributed by atoms with E-state index in [4.69, 9.17) is 0 Å². The molecule has 2 heterocycles. The van der Waals surface area contributed by atoms with Crippen LogP contribution in [0.15, 0.2) is 42.6 Å². The van der Waals surface area contributed by atoms with Gasteiger partial charge in [-0.25, -0.2) is 4.39 Å². The van der Waals surface area contributed by atoms with Crippen LogP contribution < -0.4 is 10.2 Å². The van der Waals surface area contributed by atoms with Crippen LogP contribution in [0.2, 0.25) is 0 Å². The third-order valence-electron chi connectivity index (χ3n) is 4.34. The van der Waals surface area contributed by atoms with E-state index >= 15 is 0 Å². The molecule has 1 saturated heterocycles. The van der Waals surface area contributed by atoms with Crippen LogP contribution in [-0.4, -0.2) is 23.6 Å². The number of hydrogen-bond acceptors (Lipinski definition) is 1. The maximum atomic E-state index is 12.9. The van der Waals surface area contributed by atoms with Gasteiger partial charge in [-0.15, -0.1) is 0 Å². The fourth-order valence-corrected chi connectivity index (χ4v) is 3.26. The molecule has 0 radical (unpaired) electrons. The van der Waals surface area contributed by atoms with Crippen LogP contribution >= 0.6 is 0 Å². The summed E-state index contributed by atoms with van der Waals surface area (Å²) >= 11 is 0. The first-order valence-corrected chi connectivity index (χ1v) is 7.65. The summed E-state index contributed by atoms with van der Waals surface area (Å²) in [5.41, 5.74) is 1.92. The van der Waals surface area contributed by atoms with Gasteiger partial charge in [0.05, 0.1) is 12.2 Å². The quantitative estimate of drug-likeness (QED) is 0.883. The topological polar surface area (TPSA) is 38.5 Å². The normalized spacial score (nSPS) is 21.0. The summed E-state index contributed by atoms with van der Waals surface area (Å²) in [6.45, 7) is 1.44. The van der Waals surface area contributed by atoms with Crippen molar-refractivity contribution in [2.24, 2.45) is 7.05 Å². The minimum Gasteiger partial charge on any atom is -0.350 e. The summed E-state index contributed by atoms with van der Waals surface area (Å²) in [7, 11) is 2.05. The van der Waals surface area contributed by atoms with Crippen molar-refractivity contribution < 1.29 is 14.1 Å². The minimum absolute atomic E-state index is 0.0253. The van der Waals surface area contributed by atoms with Crippen molar-refractivity contribution in [1.82, 2.24) is 4.57 Å². The molecular weight excluding hydrogens is 281 g/mol. The number of aromatic nitrogens is 1. The van der Waals surface area contributed by atoms with Crippen molar-refractivity contribution in [1.29, 1.82) is 0 Å². The van der Waals surface area contributed by atoms with E-state index in [0.717, 1.165) is 19.4 Å². The van der Waals surface area contributed by atoms with Crippen molar-refractivity contribution in [3.05, 3.63) is 54.1 Å². The van der Waals surface area contributed by atoms with Gasteiger partial charge in [-0.05, 0) is 36.4 Å². The van der Waals surface area contributed by atoms with E-state index in [1.165, 1.54) is 22.7 Å². The Morgan fingerprint density at radius 1 is 1.36 bits per heavy atom. The van der Waals surface area contributed by atoms with Crippen molar-refractivity contribution in [2.75, 3.05) is 18.4 Å². The molecule has 5 heteroatoms. The molecule has 1 aromatic carbocycles. The number of carbonyl (C=O) groups is 1. The number of aryl methyl sites for hydroxylation is 1. The van der Waals surface area contributed by atoms with E-state index in [0.29, 0.717) is 18.3 Å². The lowest BCUT2D eigenvalue weighted by Gasteiger charge is -2.21. The number of anilines is 1. The first kappa shape index (κ1) is 14.8. The second-order valence-electron chi connectivity index (χ2n) is 5.88. The smallest absolute Gasteiger partial charge is 0.279 e. The average molecular weight is 302 g/mol. The van der Waals surface area contributed by atoms with Crippen molar-refractivity contribution in [3.63, 3.8) is 0 Å². The van der Waals surface area contributed by atoms with Crippen molar-refractivity contribution >= 4 is 11.6 Å². The molecule has 0 bridgehead atoms. The number of nitrogens with zero attached hydrogens (tertiary/aromatic N) is 1. The van der Waals surface area contributed by atoms with E-state index in [2.05, 4.69) is 16.0 Å². The summed E-state index contributed by atoms with van der Waals surface area (Å²) in [6.07, 6.45) is 4.29. The number of likely N-dealkylation sites (tertiary alicyclic amines) is 1. The van der Waals surface area contributed by atoms with Crippen LogP contribution in [0.5, 0.6) is 0 Å². The van der Waals surface area contributed by atoms with Crippen molar-refractivity contribution in [3.8, 4) is 0 Å². The number of quaternary nitrogens is 1. The summed E-state index contributed by atoms with van der Waals surface area (Å²) in [5, 5.41) is 2.84. The van der Waals surface area contributed by atoms with Gasteiger partial charge in [0, 0.05) is 31.8 Å². The molecule has 1 aromatic heterocycles. The molecule has 3 rings (SSSR count). The second kappa shape index (κ2) is 6.32. The van der Waals surface area contributed by atoms with Gasteiger partial charge in [-0.2, -0.15) is 0 Å². The summed E-state index contributed by atoms with van der Waals surface area (Å²) in [5.74, 6) is -0.324. The van der Waals surface area contributed by atoms with E-state index in [9.17, 15) is 9.18 Å². The SMILES string of the molecule is Cn1cccc1[C@@H]1CCC[NH+]1CC(=O)Nc1ccc(F)cc1. The van der Waals surface area contributed by atoms with E-state index < -0.39 is 0 Å². The Bertz CT molecular complexity index is 650. The van der Waals surface area contributed by atoms with E-state index in [1.807, 2.05) is 19.3 Å². The first-order valence-electron chi connectivity index (χ1n) is 7.65. The highest BCUT2D eigenvalue weighted by molar-refractivity contribution is 5.91. The third-order valence-corrected chi connectivity index (χ3v) is 4.34. The molecule has 116 valence electrons. The Morgan fingerprint density at radius 3 is 2.82 bits per heavy atom. The molecule has 1 unspecified atom stereocenters. The average Bonchev–Trinajstić information content (AvgIpc) is 3.10. The molecule has 1 aliphatic rings. The van der Waals surface area contributed by atoms with Crippen LogP contribution in [0, 0.1) is 5.82 Å². The third kappa shape index (κ3) is 3.20. The fraction of sp³-hybridized carbons (Fsp3) is 0.353. The van der Waals surface area contributed by atoms with Gasteiger partial charge in [0.25, 0.3) is 5.91 Å². The molecule has 2 N–H and O–H groups in total. The van der Waals surface area contributed by atoms with Crippen LogP contribution in [-0.2, 0) is 11.8 Å². The van der Waals surface area contributed by atoms with Gasteiger partial charge in [0.2, 0.25) is 0 Å². The predicted octanol–water partition coefficient (Wildman–Crippen LogP) is 1.52. The molecule has 1 aliphatic heterocycles. The summed E-state index contributed by atoms with van der Waals surface area (Å²) < 4.78 is 15.0. The summed E-state index contributed by atoms with van der Waals surface area (Å²) in [6, 6.07) is 10.4. The molecule has 2 atom stereocenters. The van der Waals surface area contributed by atoms with Gasteiger partial charge in [-0.1, -0.05) is 0 Å². The number of benzene rings is 1. The zero-order valence-electron chi connectivity index (χ0n) is 12.7. The maximum Gasteiger partial charge on any atom is 0.279 e. The molecule has 2 aromatic rings. The molecule has 0 aliphatic carbocycles. The molecule has 0 spiro atoms. The van der Waals surface area contributed by atoms with Crippen LogP contribution in [0.25, 0.3) is 0 Å². The predicted molar refractivity (Wildman–Crippen MR) is 83.1 cm³/mol. The molecule has 22 heavy (non-hydrogen) atoms. The molecular formula is C17H21FN3O+. The van der Waals surface area contributed by atoms with Crippen LogP contribution in [0.3, 0.4) is 0 Å². The Balaban J connectivity index is 1.63. The molecule has 1 fully saturated rings. The number of carbonyl (C=O) groups excluding carboxylic acids is 1. The highest BCUT2D eigenvalue weighted by Gasteiger charge is 2.32. The zero-order valence-corrected chi connectivity index (χ0v) is 12.7. The van der Waals surface area contributed by atoms with Gasteiger partial charge in [-0.3, -0.25) is 4.79 Å². The van der Waals surface area contributed by atoms with E-state index in [1.54, 1.807) is 12.1 Å². The molecule has 1 amide bonds. The van der Waals surface area contributed by atoms with Crippen molar-refractivity contribution in [2.45, 2.75) is 18.9 Å². The van der Waals surface area contributed by atoms with Crippen LogP contribution in [0.4, 0.5) is 10.1 Å². The highest BCUT2D eigenvalue weighted by atomic mass is 19.1. The number of rotatable bonds is 4. The Hall–Kier alpha value is -2.14. The number of halogens is 1. The minimum atomic E-state index is -0.299. The molecule has 0 saturated carbocycles. The van der Waals surface area contributed by atoms with E-state index in [-0.39, 0.29) is 11.7 Å². The lowest BCUT2D eigenvalue weighted by molar-refractivity contribution is -0.910. The Labute approximate surface area is 129 Å². The Kier molecular flexibility index (Phi) is 4.24. The van der Waals surface area contributed by atoms with Gasteiger partial charge >= 0.3 is 0 Å². The lowest BCUT2D eigenvalue weighted by Crippen LogP contribution is -3.11. The number of nitrogens with one attached hydrogen (secondary N) is 2. The first-order chi connectivity index (χ1) is 10.6. The number of hydrogen-bond donors (Lipinski definition) is 2. The fourth-order valence-electron chi connectivity index (χ4n) is 3.26. The molecule has 4 nitrogen and oxygen atoms in total. The monoisotopic (exact) mass is 302 g/mol. The van der Waals surface area contributed by atoms with Gasteiger partial charge in [0.15, 0.2) is 6.54 Å². The number of amides is 1. The maximum absolute atomic E-state index is 12.9. The Morgan fingerprint density at radius 2 is 2.14 bits per heavy atom. The van der Waals surface area contributed by atoms with Crippen LogP contribution in [0.1, 0.15) is 24.6 Å². The standard InChI is InChI=1S/C17H20FN3O/c1-20-10-2-4-15(20)16-5-3-11-21(16)12-17(22)19-14-8-6-13(18)7-9-14/h2,4,6-10,16H,3,5,11-12H2,1H3,(H,19,22)/p+1/t16-/m0/s1. The van der Waals surface area contributed by atoms with Gasteiger partial charge < -0.3 is 14.8 Å². The lowest BCUT2D eigenvalue weighted by atomic mass is 10.1. The second-order valence-corrected chi connectivity index (χ2v) is 5.88. The summed E-state index contributed by atoms with van der Waals surface area (Å²) in [4.78, 5) is 13.5. The zero-order chi connectivity index (χ0) is 15.5. The largest absolute Gasteiger partial charge is 0.350 e.